The van der Waals surface area contributed by atoms with E-state index in [1.54, 1.807) is 0 Å². The van der Waals surface area contributed by atoms with Crippen molar-refractivity contribution in [2.24, 2.45) is 5.92 Å². The van der Waals surface area contributed by atoms with Crippen molar-refractivity contribution in [3.8, 4) is 0 Å². The van der Waals surface area contributed by atoms with Gasteiger partial charge in [0.25, 0.3) is 0 Å². The van der Waals surface area contributed by atoms with Gasteiger partial charge in [-0.2, -0.15) is 0 Å². The maximum Gasteiger partial charge on any atom is 0.0907 e. The van der Waals surface area contributed by atoms with Gasteiger partial charge in [0, 0.05) is 0 Å². The molecule has 3 rings (SSSR count). The standard InChI is InChI=1S/C14H18N2S/c1-10-16-13-6-2-5-12(14(13)17-10)8-11-4-3-7-15-9-11/h2,5-6,11,15H,3-4,7-9H2,1H3. The zero-order valence-corrected chi connectivity index (χ0v) is 11.0. The van der Waals surface area contributed by atoms with Gasteiger partial charge in [0.1, 0.15) is 0 Å². The van der Waals surface area contributed by atoms with Gasteiger partial charge in [-0.15, -0.1) is 11.3 Å². The Labute approximate surface area is 106 Å². The fraction of sp³-hybridized carbons (Fsp3) is 0.500. The summed E-state index contributed by atoms with van der Waals surface area (Å²) in [5.41, 5.74) is 2.66. The molecule has 1 unspecified atom stereocenters. The molecule has 1 aromatic carbocycles. The molecule has 0 saturated carbocycles. The highest BCUT2D eigenvalue weighted by Gasteiger charge is 2.15. The van der Waals surface area contributed by atoms with E-state index in [0.717, 1.165) is 5.92 Å². The number of fused-ring (bicyclic) bond motifs is 1. The molecule has 1 atom stereocenters. The summed E-state index contributed by atoms with van der Waals surface area (Å²) in [5.74, 6) is 0.803. The Hall–Kier alpha value is -0.930. The molecule has 3 heteroatoms. The first kappa shape index (κ1) is 11.2. The highest BCUT2D eigenvalue weighted by Crippen LogP contribution is 2.28. The zero-order chi connectivity index (χ0) is 11.7. The second kappa shape index (κ2) is 4.75. The number of hydrogen-bond acceptors (Lipinski definition) is 3. The summed E-state index contributed by atoms with van der Waals surface area (Å²) in [6.07, 6.45) is 3.88. The van der Waals surface area contributed by atoms with E-state index in [4.69, 9.17) is 0 Å². The normalized spacial score (nSPS) is 20.9. The van der Waals surface area contributed by atoms with Gasteiger partial charge in [-0.3, -0.25) is 0 Å². The Bertz CT molecular complexity index is 512. The van der Waals surface area contributed by atoms with Crippen LogP contribution in [0.2, 0.25) is 0 Å². The maximum atomic E-state index is 4.57. The van der Waals surface area contributed by atoms with Crippen molar-refractivity contribution in [3.63, 3.8) is 0 Å². The average Bonchev–Trinajstić information content (AvgIpc) is 2.72. The molecule has 1 aliphatic heterocycles. The van der Waals surface area contributed by atoms with Crippen molar-refractivity contribution in [1.82, 2.24) is 10.3 Å². The van der Waals surface area contributed by atoms with Crippen molar-refractivity contribution in [2.75, 3.05) is 13.1 Å². The lowest BCUT2D eigenvalue weighted by molar-refractivity contribution is 0.377. The van der Waals surface area contributed by atoms with Gasteiger partial charge in [0.05, 0.1) is 15.2 Å². The van der Waals surface area contributed by atoms with E-state index in [1.165, 1.54) is 53.1 Å². The lowest BCUT2D eigenvalue weighted by Gasteiger charge is -2.22. The molecule has 2 aromatic rings. The number of nitrogens with one attached hydrogen (secondary N) is 1. The zero-order valence-electron chi connectivity index (χ0n) is 10.2. The van der Waals surface area contributed by atoms with Crippen LogP contribution < -0.4 is 5.32 Å². The van der Waals surface area contributed by atoms with Crippen LogP contribution >= 0.6 is 11.3 Å². The second-order valence-electron chi connectivity index (χ2n) is 4.91. The lowest BCUT2D eigenvalue weighted by Crippen LogP contribution is -2.30. The molecule has 0 amide bonds. The van der Waals surface area contributed by atoms with Crippen molar-refractivity contribution < 1.29 is 0 Å². The Kier molecular flexibility index (Phi) is 3.12. The minimum Gasteiger partial charge on any atom is -0.316 e. The van der Waals surface area contributed by atoms with Gasteiger partial charge < -0.3 is 5.32 Å². The van der Waals surface area contributed by atoms with Crippen LogP contribution in [0, 0.1) is 12.8 Å². The first-order valence-corrected chi connectivity index (χ1v) is 7.20. The van der Waals surface area contributed by atoms with Gasteiger partial charge in [-0.05, 0) is 56.8 Å². The van der Waals surface area contributed by atoms with Crippen molar-refractivity contribution in [3.05, 3.63) is 28.8 Å². The van der Waals surface area contributed by atoms with Crippen LogP contribution in [0.25, 0.3) is 10.2 Å². The largest absolute Gasteiger partial charge is 0.316 e. The molecule has 0 radical (unpaired) electrons. The molecular formula is C14H18N2S. The van der Waals surface area contributed by atoms with Crippen LogP contribution in [-0.2, 0) is 6.42 Å². The number of aryl methyl sites for hydroxylation is 1. The molecule has 1 saturated heterocycles. The molecule has 1 N–H and O–H groups in total. The van der Waals surface area contributed by atoms with Crippen LogP contribution in [0.15, 0.2) is 18.2 Å². The first-order valence-electron chi connectivity index (χ1n) is 6.38. The topological polar surface area (TPSA) is 24.9 Å². The van der Waals surface area contributed by atoms with E-state index in [1.807, 2.05) is 11.3 Å². The summed E-state index contributed by atoms with van der Waals surface area (Å²) in [7, 11) is 0. The van der Waals surface area contributed by atoms with E-state index in [-0.39, 0.29) is 0 Å². The Morgan fingerprint density at radius 2 is 2.41 bits per heavy atom. The second-order valence-corrected chi connectivity index (χ2v) is 6.12. The SMILES string of the molecule is Cc1nc2cccc(CC3CCCNC3)c2s1. The van der Waals surface area contributed by atoms with E-state index in [2.05, 4.69) is 35.4 Å². The molecule has 1 aromatic heterocycles. The fourth-order valence-electron chi connectivity index (χ4n) is 2.69. The Balaban J connectivity index is 1.88. The minimum atomic E-state index is 0.803. The summed E-state index contributed by atoms with van der Waals surface area (Å²) < 4.78 is 1.40. The quantitative estimate of drug-likeness (QED) is 0.880. The summed E-state index contributed by atoms with van der Waals surface area (Å²) in [6.45, 7) is 4.46. The Morgan fingerprint density at radius 1 is 1.47 bits per heavy atom. The number of nitrogens with zero attached hydrogens (tertiary/aromatic N) is 1. The highest BCUT2D eigenvalue weighted by atomic mass is 32.1. The van der Waals surface area contributed by atoms with Crippen LogP contribution in [0.3, 0.4) is 0 Å². The van der Waals surface area contributed by atoms with Crippen LogP contribution in [0.4, 0.5) is 0 Å². The van der Waals surface area contributed by atoms with Crippen molar-refractivity contribution in [1.29, 1.82) is 0 Å². The van der Waals surface area contributed by atoms with E-state index < -0.39 is 0 Å². The molecule has 0 spiro atoms. The predicted octanol–water partition coefficient (Wildman–Crippen LogP) is 3.15. The third-order valence-corrected chi connectivity index (χ3v) is 4.57. The monoisotopic (exact) mass is 246 g/mol. The molecule has 1 aliphatic rings. The minimum absolute atomic E-state index is 0.803. The number of thiazole rings is 1. The number of hydrogen-bond donors (Lipinski definition) is 1. The number of piperidine rings is 1. The third kappa shape index (κ3) is 2.35. The highest BCUT2D eigenvalue weighted by molar-refractivity contribution is 7.18. The van der Waals surface area contributed by atoms with Crippen molar-refractivity contribution in [2.45, 2.75) is 26.2 Å². The molecule has 0 bridgehead atoms. The summed E-state index contributed by atoms with van der Waals surface area (Å²) >= 11 is 1.84. The van der Waals surface area contributed by atoms with Gasteiger partial charge in [-0.25, -0.2) is 4.98 Å². The van der Waals surface area contributed by atoms with E-state index in [9.17, 15) is 0 Å². The third-order valence-electron chi connectivity index (χ3n) is 3.51. The predicted molar refractivity (Wildman–Crippen MR) is 73.7 cm³/mol. The van der Waals surface area contributed by atoms with E-state index in [0.29, 0.717) is 0 Å². The van der Waals surface area contributed by atoms with Gasteiger partial charge in [-0.1, -0.05) is 12.1 Å². The fourth-order valence-corrected chi connectivity index (χ4v) is 3.63. The molecule has 1 fully saturated rings. The smallest absolute Gasteiger partial charge is 0.0907 e. The molecule has 2 nitrogen and oxygen atoms in total. The van der Waals surface area contributed by atoms with Gasteiger partial charge in [0.15, 0.2) is 0 Å². The maximum absolute atomic E-state index is 4.57. The van der Waals surface area contributed by atoms with Crippen molar-refractivity contribution >= 4 is 21.6 Å². The molecular weight excluding hydrogens is 228 g/mol. The summed E-state index contributed by atoms with van der Waals surface area (Å²) in [4.78, 5) is 4.57. The average molecular weight is 246 g/mol. The van der Waals surface area contributed by atoms with Crippen LogP contribution in [0.5, 0.6) is 0 Å². The Morgan fingerprint density at radius 3 is 3.24 bits per heavy atom. The summed E-state index contributed by atoms with van der Waals surface area (Å²) in [5, 5.41) is 4.67. The number of aromatic nitrogens is 1. The molecule has 90 valence electrons. The summed E-state index contributed by atoms with van der Waals surface area (Å²) in [6, 6.07) is 6.54. The van der Waals surface area contributed by atoms with E-state index >= 15 is 0 Å². The molecule has 17 heavy (non-hydrogen) atoms. The first-order chi connectivity index (χ1) is 8.33. The number of benzene rings is 1. The van der Waals surface area contributed by atoms with Crippen LogP contribution in [-0.4, -0.2) is 18.1 Å². The van der Waals surface area contributed by atoms with Crippen LogP contribution in [0.1, 0.15) is 23.4 Å². The van der Waals surface area contributed by atoms with Gasteiger partial charge in [0.2, 0.25) is 0 Å². The molecule has 0 aliphatic carbocycles. The molecule has 2 heterocycles. The number of rotatable bonds is 2. The van der Waals surface area contributed by atoms with Gasteiger partial charge >= 0.3 is 0 Å². The lowest BCUT2D eigenvalue weighted by atomic mass is 9.92.